The molecule has 0 saturated carbocycles. The van der Waals surface area contributed by atoms with Gasteiger partial charge in [0.15, 0.2) is 5.78 Å². The van der Waals surface area contributed by atoms with Crippen molar-refractivity contribution in [3.05, 3.63) is 70.8 Å². The fourth-order valence-corrected chi connectivity index (χ4v) is 3.59. The molecule has 1 heteroatoms. The predicted molar refractivity (Wildman–Crippen MR) is 120 cm³/mol. The van der Waals surface area contributed by atoms with E-state index in [0.29, 0.717) is 6.42 Å². The largest absolute Gasteiger partial charge is 0.294 e. The highest BCUT2D eigenvalue weighted by Gasteiger charge is 2.33. The molecular weight excluding hydrogens is 328 g/mol. The molecular formula is C26H36O. The number of carbonyl (C=O) groups excluding carboxylic acids is 1. The van der Waals surface area contributed by atoms with E-state index in [-0.39, 0.29) is 11.2 Å². The van der Waals surface area contributed by atoms with Crippen LogP contribution in [-0.4, -0.2) is 5.78 Å². The van der Waals surface area contributed by atoms with Crippen LogP contribution in [0.15, 0.2) is 48.5 Å². The van der Waals surface area contributed by atoms with Crippen molar-refractivity contribution in [1.82, 2.24) is 0 Å². The van der Waals surface area contributed by atoms with Gasteiger partial charge in [-0.05, 0) is 39.7 Å². The van der Waals surface area contributed by atoms with Crippen molar-refractivity contribution in [3.8, 4) is 0 Å². The number of hydrogen-bond donors (Lipinski definition) is 0. The molecule has 0 atom stereocenters. The lowest BCUT2D eigenvalue weighted by atomic mass is 9.71. The molecule has 2 aromatic rings. The first kappa shape index (κ1) is 22.9. The number of hydrogen-bond acceptors (Lipinski definition) is 1. The molecule has 0 radical (unpaired) electrons. The van der Waals surface area contributed by atoms with Crippen LogP contribution in [0.1, 0.15) is 77.6 Å². The number of benzene rings is 2. The zero-order chi connectivity index (χ0) is 20.6. The Morgan fingerprint density at radius 3 is 1.89 bits per heavy atom. The van der Waals surface area contributed by atoms with Gasteiger partial charge in [-0.15, -0.1) is 0 Å². The van der Waals surface area contributed by atoms with Crippen LogP contribution in [0, 0.1) is 5.41 Å². The van der Waals surface area contributed by atoms with Crippen molar-refractivity contribution < 1.29 is 4.79 Å². The van der Waals surface area contributed by atoms with Gasteiger partial charge < -0.3 is 0 Å². The summed E-state index contributed by atoms with van der Waals surface area (Å²) in [6.07, 6.45) is 1.44. The van der Waals surface area contributed by atoms with Crippen LogP contribution in [0.4, 0.5) is 0 Å². The Hall–Kier alpha value is -2.15. The molecule has 0 aliphatic heterocycles. The third-order valence-corrected chi connectivity index (χ3v) is 4.58. The minimum atomic E-state index is -0.0810. The number of aryl methyl sites for hydroxylation is 1. The summed E-state index contributed by atoms with van der Waals surface area (Å²) in [4.78, 5) is 13.0. The van der Waals surface area contributed by atoms with Crippen LogP contribution in [0.25, 0.3) is 11.1 Å². The Bertz CT molecular complexity index is 788. The lowest BCUT2D eigenvalue weighted by molar-refractivity contribution is -0.113. The van der Waals surface area contributed by atoms with Crippen LogP contribution >= 0.6 is 0 Å². The Kier molecular flexibility index (Phi) is 8.69. The standard InChI is InChI=1S/C22H24O.2C2H6/c1-5-15-10-6-8-12-17(15)20-19(23)14-16-11-7-9-13-18(16)21(20)22(2,3)4;2*1-2/h6-13H,5,14H2,1-4H3;2*1-2H3. The van der Waals surface area contributed by atoms with E-state index in [0.717, 1.165) is 23.1 Å². The van der Waals surface area contributed by atoms with Gasteiger partial charge in [0.25, 0.3) is 0 Å². The summed E-state index contributed by atoms with van der Waals surface area (Å²) in [5, 5.41) is 0. The quantitative estimate of drug-likeness (QED) is 0.543. The summed E-state index contributed by atoms with van der Waals surface area (Å²) < 4.78 is 0. The lowest BCUT2D eigenvalue weighted by Crippen LogP contribution is -2.22. The fourth-order valence-electron chi connectivity index (χ4n) is 3.59. The van der Waals surface area contributed by atoms with Crippen LogP contribution in [0.3, 0.4) is 0 Å². The van der Waals surface area contributed by atoms with Gasteiger partial charge in [-0.1, -0.05) is 104 Å². The summed E-state index contributed by atoms with van der Waals surface area (Å²) in [7, 11) is 0. The molecule has 0 amide bonds. The molecule has 27 heavy (non-hydrogen) atoms. The minimum absolute atomic E-state index is 0.0810. The molecule has 2 aromatic carbocycles. The van der Waals surface area contributed by atoms with Gasteiger partial charge >= 0.3 is 0 Å². The van der Waals surface area contributed by atoms with E-state index in [1.165, 1.54) is 16.7 Å². The van der Waals surface area contributed by atoms with E-state index in [2.05, 4.69) is 64.1 Å². The third kappa shape index (κ3) is 4.97. The monoisotopic (exact) mass is 364 g/mol. The number of carbonyl (C=O) groups is 1. The topological polar surface area (TPSA) is 17.1 Å². The number of allylic oxidation sites excluding steroid dienone is 2. The van der Waals surface area contributed by atoms with E-state index in [1.807, 2.05) is 39.8 Å². The van der Waals surface area contributed by atoms with Crippen LogP contribution in [-0.2, 0) is 17.6 Å². The first-order valence-electron chi connectivity index (χ1n) is 10.4. The van der Waals surface area contributed by atoms with E-state index in [1.54, 1.807) is 0 Å². The second kappa shape index (κ2) is 10.3. The van der Waals surface area contributed by atoms with Gasteiger partial charge in [-0.2, -0.15) is 0 Å². The molecule has 3 rings (SSSR count). The number of Topliss-reactive ketones (excluding diaryl/α,β-unsaturated/α-hetero) is 1. The highest BCUT2D eigenvalue weighted by molar-refractivity contribution is 6.31. The van der Waals surface area contributed by atoms with Crippen molar-refractivity contribution in [2.45, 2.75) is 68.2 Å². The smallest absolute Gasteiger partial charge is 0.168 e. The molecule has 1 nitrogen and oxygen atoms in total. The van der Waals surface area contributed by atoms with Crippen molar-refractivity contribution in [2.24, 2.45) is 5.41 Å². The maximum absolute atomic E-state index is 13.0. The second-order valence-corrected chi connectivity index (χ2v) is 7.27. The normalized spacial score (nSPS) is 13.1. The van der Waals surface area contributed by atoms with Crippen LogP contribution in [0.2, 0.25) is 0 Å². The molecule has 0 aromatic heterocycles. The zero-order valence-electron chi connectivity index (χ0n) is 18.4. The molecule has 1 aliphatic rings. The molecule has 146 valence electrons. The predicted octanol–water partition coefficient (Wildman–Crippen LogP) is 7.38. The maximum Gasteiger partial charge on any atom is 0.168 e. The van der Waals surface area contributed by atoms with Gasteiger partial charge in [0.2, 0.25) is 0 Å². The minimum Gasteiger partial charge on any atom is -0.294 e. The van der Waals surface area contributed by atoms with Crippen molar-refractivity contribution >= 4 is 16.9 Å². The first-order valence-corrected chi connectivity index (χ1v) is 10.4. The average molecular weight is 365 g/mol. The lowest BCUT2D eigenvalue weighted by Gasteiger charge is -2.32. The summed E-state index contributed by atoms with van der Waals surface area (Å²) in [6, 6.07) is 16.7. The highest BCUT2D eigenvalue weighted by atomic mass is 16.1. The number of ketones is 1. The van der Waals surface area contributed by atoms with E-state index < -0.39 is 0 Å². The molecule has 0 N–H and O–H groups in total. The van der Waals surface area contributed by atoms with Gasteiger partial charge in [0.05, 0.1) is 0 Å². The maximum atomic E-state index is 13.0. The Balaban J connectivity index is 0.000000855. The van der Waals surface area contributed by atoms with Crippen molar-refractivity contribution in [3.63, 3.8) is 0 Å². The zero-order valence-corrected chi connectivity index (χ0v) is 18.4. The van der Waals surface area contributed by atoms with E-state index in [9.17, 15) is 4.79 Å². The van der Waals surface area contributed by atoms with E-state index >= 15 is 0 Å². The Morgan fingerprint density at radius 1 is 0.815 bits per heavy atom. The fraction of sp³-hybridized carbons (Fsp3) is 0.423. The van der Waals surface area contributed by atoms with Crippen LogP contribution in [0.5, 0.6) is 0 Å². The average Bonchev–Trinajstić information content (AvgIpc) is 2.69. The highest BCUT2D eigenvalue weighted by Crippen LogP contribution is 2.45. The third-order valence-electron chi connectivity index (χ3n) is 4.58. The molecule has 0 heterocycles. The van der Waals surface area contributed by atoms with Gasteiger partial charge in [0.1, 0.15) is 0 Å². The summed E-state index contributed by atoms with van der Waals surface area (Å²) in [5.41, 5.74) is 6.78. The molecule has 0 spiro atoms. The van der Waals surface area contributed by atoms with Gasteiger partial charge in [-0.25, -0.2) is 0 Å². The SMILES string of the molecule is CC.CC.CCc1ccccc1C1=C(C(C)(C)C)c2ccccc2CC1=O. The van der Waals surface area contributed by atoms with E-state index in [4.69, 9.17) is 0 Å². The van der Waals surface area contributed by atoms with Gasteiger partial charge in [-0.3, -0.25) is 4.79 Å². The summed E-state index contributed by atoms with van der Waals surface area (Å²) in [5.74, 6) is 0.245. The molecule has 0 saturated heterocycles. The van der Waals surface area contributed by atoms with Gasteiger partial charge in [0, 0.05) is 12.0 Å². The van der Waals surface area contributed by atoms with Crippen LogP contribution < -0.4 is 0 Å². The molecule has 0 unspecified atom stereocenters. The molecule has 0 fully saturated rings. The molecule has 1 aliphatic carbocycles. The number of fused-ring (bicyclic) bond motifs is 1. The number of rotatable bonds is 2. The van der Waals surface area contributed by atoms with Crippen molar-refractivity contribution in [1.29, 1.82) is 0 Å². The van der Waals surface area contributed by atoms with Crippen molar-refractivity contribution in [2.75, 3.05) is 0 Å². The second-order valence-electron chi connectivity index (χ2n) is 7.27. The summed E-state index contributed by atoms with van der Waals surface area (Å²) >= 11 is 0. The first-order chi connectivity index (χ1) is 12.9. The Morgan fingerprint density at radius 2 is 1.33 bits per heavy atom. The Labute approximate surface area is 166 Å². The summed E-state index contributed by atoms with van der Waals surface area (Å²) in [6.45, 7) is 16.8. The molecule has 0 bridgehead atoms.